The summed E-state index contributed by atoms with van der Waals surface area (Å²) in [6.45, 7) is 5.69. The molecule has 5 nitrogen and oxygen atoms in total. The number of amides is 1. The molecule has 3 rings (SSSR count). The largest absolute Gasteiger partial charge is 0.491 e. The second-order valence-corrected chi connectivity index (χ2v) is 7.11. The summed E-state index contributed by atoms with van der Waals surface area (Å²) in [6.07, 6.45) is 1.68. The number of fused-ring (bicyclic) bond motifs is 1. The lowest BCUT2D eigenvalue weighted by molar-refractivity contribution is -0.116. The van der Waals surface area contributed by atoms with Gasteiger partial charge in [0.05, 0.1) is 6.10 Å². The van der Waals surface area contributed by atoms with E-state index >= 15 is 0 Å². The van der Waals surface area contributed by atoms with Crippen LogP contribution in [0.25, 0.3) is 10.8 Å². The van der Waals surface area contributed by atoms with Crippen molar-refractivity contribution in [2.45, 2.75) is 33.4 Å². The first-order chi connectivity index (χ1) is 12.8. The van der Waals surface area contributed by atoms with Crippen LogP contribution in [0.2, 0.25) is 5.02 Å². The molecule has 1 aromatic heterocycles. The van der Waals surface area contributed by atoms with Crippen LogP contribution >= 0.6 is 11.6 Å². The number of pyridine rings is 1. The number of benzene rings is 2. The quantitative estimate of drug-likeness (QED) is 0.709. The number of rotatable bonds is 5. The van der Waals surface area contributed by atoms with Crippen LogP contribution in [0.5, 0.6) is 5.75 Å². The van der Waals surface area contributed by atoms with E-state index in [-0.39, 0.29) is 24.1 Å². The second-order valence-electron chi connectivity index (χ2n) is 6.67. The van der Waals surface area contributed by atoms with Gasteiger partial charge in [-0.25, -0.2) is 0 Å². The molecule has 0 fully saturated rings. The van der Waals surface area contributed by atoms with Crippen LogP contribution < -0.4 is 15.6 Å². The van der Waals surface area contributed by atoms with Gasteiger partial charge >= 0.3 is 0 Å². The molecule has 0 saturated carbocycles. The highest BCUT2D eigenvalue weighted by atomic mass is 35.5. The van der Waals surface area contributed by atoms with E-state index in [1.165, 1.54) is 4.57 Å². The fourth-order valence-electron chi connectivity index (χ4n) is 2.85. The summed E-state index contributed by atoms with van der Waals surface area (Å²) in [5, 5.41) is 4.75. The van der Waals surface area contributed by atoms with Crippen molar-refractivity contribution >= 4 is 34.0 Å². The predicted octanol–water partition coefficient (Wildman–Crippen LogP) is 4.39. The number of hydrogen-bond acceptors (Lipinski definition) is 3. The molecular formula is C21H21ClN2O3. The molecule has 0 unspecified atom stereocenters. The molecule has 0 atom stereocenters. The molecule has 1 N–H and O–H groups in total. The minimum atomic E-state index is -0.276. The molecule has 0 spiro atoms. The molecule has 0 bridgehead atoms. The lowest BCUT2D eigenvalue weighted by Gasteiger charge is -2.12. The maximum Gasteiger partial charge on any atom is 0.258 e. The topological polar surface area (TPSA) is 60.3 Å². The van der Waals surface area contributed by atoms with Crippen molar-refractivity contribution in [2.24, 2.45) is 0 Å². The number of halogens is 1. The van der Waals surface area contributed by atoms with Crippen LogP contribution in [-0.2, 0) is 11.3 Å². The van der Waals surface area contributed by atoms with Crippen LogP contribution in [0.3, 0.4) is 0 Å². The number of hydrogen-bond donors (Lipinski definition) is 1. The number of nitrogens with zero attached hydrogens (tertiary/aromatic N) is 1. The third kappa shape index (κ3) is 4.49. The van der Waals surface area contributed by atoms with Gasteiger partial charge in [0.15, 0.2) is 0 Å². The molecule has 140 valence electrons. The summed E-state index contributed by atoms with van der Waals surface area (Å²) in [7, 11) is 0. The van der Waals surface area contributed by atoms with E-state index in [4.69, 9.17) is 16.3 Å². The Labute approximate surface area is 162 Å². The summed E-state index contributed by atoms with van der Waals surface area (Å²) >= 11 is 5.93. The predicted molar refractivity (Wildman–Crippen MR) is 109 cm³/mol. The fraction of sp³-hybridized carbons (Fsp3) is 0.238. The number of ether oxygens (including phenoxy) is 1. The Morgan fingerprint density at radius 1 is 1.19 bits per heavy atom. The molecule has 1 heterocycles. The minimum Gasteiger partial charge on any atom is -0.491 e. The van der Waals surface area contributed by atoms with E-state index in [0.29, 0.717) is 21.8 Å². The molecule has 0 radical (unpaired) electrons. The van der Waals surface area contributed by atoms with Crippen LogP contribution in [0.4, 0.5) is 5.69 Å². The highest BCUT2D eigenvalue weighted by Gasteiger charge is 2.10. The van der Waals surface area contributed by atoms with Gasteiger partial charge in [0.1, 0.15) is 12.3 Å². The maximum atomic E-state index is 12.7. The number of carbonyl (C=O) groups is 1. The van der Waals surface area contributed by atoms with E-state index in [0.717, 1.165) is 10.9 Å². The van der Waals surface area contributed by atoms with Gasteiger partial charge in [0.25, 0.3) is 5.56 Å². The molecule has 2 aromatic carbocycles. The first kappa shape index (κ1) is 19.0. The average molecular weight is 385 g/mol. The SMILES string of the molecule is Cc1cc(Cl)ccc1NC(=O)Cn1ccc2cc(OC(C)C)ccc2c1=O. The summed E-state index contributed by atoms with van der Waals surface area (Å²) in [4.78, 5) is 25.0. The maximum absolute atomic E-state index is 12.7. The van der Waals surface area contributed by atoms with Gasteiger partial charge in [-0.15, -0.1) is 0 Å². The van der Waals surface area contributed by atoms with Crippen LogP contribution in [-0.4, -0.2) is 16.6 Å². The minimum absolute atomic E-state index is 0.0582. The highest BCUT2D eigenvalue weighted by Crippen LogP contribution is 2.21. The number of aryl methyl sites for hydroxylation is 1. The average Bonchev–Trinajstić information content (AvgIpc) is 2.59. The van der Waals surface area contributed by atoms with Crippen molar-refractivity contribution in [2.75, 3.05) is 5.32 Å². The molecule has 0 aliphatic carbocycles. The molecule has 3 aromatic rings. The zero-order chi connectivity index (χ0) is 19.6. The normalized spacial score (nSPS) is 11.0. The van der Waals surface area contributed by atoms with Crippen molar-refractivity contribution < 1.29 is 9.53 Å². The lowest BCUT2D eigenvalue weighted by atomic mass is 10.1. The number of nitrogens with one attached hydrogen (secondary N) is 1. The van der Waals surface area contributed by atoms with Crippen LogP contribution in [0.1, 0.15) is 19.4 Å². The van der Waals surface area contributed by atoms with Crippen LogP contribution in [0, 0.1) is 6.92 Å². The third-order valence-corrected chi connectivity index (χ3v) is 4.33. The Hall–Kier alpha value is -2.79. The zero-order valence-corrected chi connectivity index (χ0v) is 16.2. The number of aromatic nitrogens is 1. The van der Waals surface area contributed by atoms with Gasteiger partial charge < -0.3 is 14.6 Å². The Bertz CT molecular complexity index is 1060. The van der Waals surface area contributed by atoms with Crippen molar-refractivity contribution in [3.8, 4) is 5.75 Å². The summed E-state index contributed by atoms with van der Waals surface area (Å²) in [5.74, 6) is 0.437. The third-order valence-electron chi connectivity index (χ3n) is 4.10. The molecular weight excluding hydrogens is 364 g/mol. The van der Waals surface area contributed by atoms with Crippen molar-refractivity contribution in [1.82, 2.24) is 4.57 Å². The Morgan fingerprint density at radius 3 is 2.67 bits per heavy atom. The smallest absolute Gasteiger partial charge is 0.258 e. The van der Waals surface area contributed by atoms with Gasteiger partial charge in [-0.3, -0.25) is 9.59 Å². The number of carbonyl (C=O) groups excluding carboxylic acids is 1. The van der Waals surface area contributed by atoms with Crippen molar-refractivity contribution in [1.29, 1.82) is 0 Å². The Morgan fingerprint density at radius 2 is 1.96 bits per heavy atom. The highest BCUT2D eigenvalue weighted by molar-refractivity contribution is 6.30. The molecule has 0 saturated heterocycles. The van der Waals surface area contributed by atoms with Crippen LogP contribution in [0.15, 0.2) is 53.5 Å². The first-order valence-corrected chi connectivity index (χ1v) is 9.07. The molecule has 27 heavy (non-hydrogen) atoms. The fourth-order valence-corrected chi connectivity index (χ4v) is 3.07. The summed E-state index contributed by atoms with van der Waals surface area (Å²) < 4.78 is 7.06. The first-order valence-electron chi connectivity index (χ1n) is 8.69. The summed E-state index contributed by atoms with van der Waals surface area (Å²) in [6, 6.07) is 12.4. The Balaban J connectivity index is 1.81. The van der Waals surface area contributed by atoms with E-state index in [1.54, 1.807) is 36.5 Å². The van der Waals surface area contributed by atoms with E-state index < -0.39 is 0 Å². The van der Waals surface area contributed by atoms with Gasteiger partial charge in [0, 0.05) is 22.3 Å². The molecule has 1 amide bonds. The molecule has 6 heteroatoms. The van der Waals surface area contributed by atoms with Gasteiger partial charge in [-0.1, -0.05) is 11.6 Å². The second kappa shape index (κ2) is 7.84. The van der Waals surface area contributed by atoms with E-state index in [1.807, 2.05) is 32.9 Å². The molecule has 0 aliphatic rings. The standard InChI is InChI=1S/C21H21ClN2O3/c1-13(2)27-17-5-6-18-15(11-17)8-9-24(21(18)26)12-20(25)23-19-7-4-16(22)10-14(19)3/h4-11,13H,12H2,1-3H3,(H,23,25). The van der Waals surface area contributed by atoms with Gasteiger partial charge in [-0.05, 0) is 74.2 Å². The van der Waals surface area contributed by atoms with Crippen molar-refractivity contribution in [3.63, 3.8) is 0 Å². The molecule has 0 aliphatic heterocycles. The van der Waals surface area contributed by atoms with Crippen molar-refractivity contribution in [3.05, 3.63) is 69.6 Å². The van der Waals surface area contributed by atoms with E-state index in [9.17, 15) is 9.59 Å². The number of anilines is 1. The summed E-state index contributed by atoms with van der Waals surface area (Å²) in [5.41, 5.74) is 1.32. The van der Waals surface area contributed by atoms with Gasteiger partial charge in [-0.2, -0.15) is 0 Å². The zero-order valence-electron chi connectivity index (χ0n) is 15.5. The van der Waals surface area contributed by atoms with Gasteiger partial charge in [0.2, 0.25) is 5.91 Å². The Kier molecular flexibility index (Phi) is 5.51. The monoisotopic (exact) mass is 384 g/mol. The lowest BCUT2D eigenvalue weighted by Crippen LogP contribution is -2.27. The van der Waals surface area contributed by atoms with E-state index in [2.05, 4.69) is 5.32 Å².